The lowest BCUT2D eigenvalue weighted by molar-refractivity contribution is -0.148. The molecule has 4 heterocycles. The third-order valence-corrected chi connectivity index (χ3v) is 6.02. The number of esters is 1. The number of carbonyl (C=O) groups excluding carboxylic acids is 1. The number of nitrogens with zero attached hydrogens (tertiary/aromatic N) is 2. The molecule has 1 atom stereocenters. The number of hydrogen-bond acceptors (Lipinski definition) is 4. The van der Waals surface area contributed by atoms with E-state index in [1.54, 1.807) is 4.57 Å². The molecule has 1 aromatic carbocycles. The fraction of sp³-hybridized carbons (Fsp3) is 0.348. The van der Waals surface area contributed by atoms with Crippen LogP contribution in [0, 0.1) is 0 Å². The van der Waals surface area contributed by atoms with Crippen LogP contribution in [0.4, 0.5) is 0 Å². The number of benzene rings is 1. The van der Waals surface area contributed by atoms with E-state index in [9.17, 15) is 9.59 Å². The maximum atomic E-state index is 13.1. The largest absolute Gasteiger partial charge is 0.460 e. The molecule has 0 saturated heterocycles. The van der Waals surface area contributed by atoms with Crippen molar-refractivity contribution >= 4 is 16.9 Å². The molecular formula is C23H22N2O3. The van der Waals surface area contributed by atoms with Gasteiger partial charge in [-0.15, -0.1) is 0 Å². The fourth-order valence-electron chi connectivity index (χ4n) is 4.39. The second-order valence-corrected chi connectivity index (χ2v) is 8.03. The molecule has 0 bridgehead atoms. The summed E-state index contributed by atoms with van der Waals surface area (Å²) in [7, 11) is 0. The summed E-state index contributed by atoms with van der Waals surface area (Å²) in [5.41, 5.74) is 6.25. The Morgan fingerprint density at radius 3 is 2.79 bits per heavy atom. The molecule has 0 radical (unpaired) electrons. The highest BCUT2D eigenvalue weighted by Crippen LogP contribution is 2.37. The van der Waals surface area contributed by atoms with Crippen molar-refractivity contribution in [1.29, 1.82) is 0 Å². The van der Waals surface area contributed by atoms with Crippen LogP contribution < -0.4 is 5.56 Å². The quantitative estimate of drug-likeness (QED) is 0.496. The summed E-state index contributed by atoms with van der Waals surface area (Å²) in [4.78, 5) is 30.2. The van der Waals surface area contributed by atoms with Crippen molar-refractivity contribution in [1.82, 2.24) is 9.55 Å². The summed E-state index contributed by atoms with van der Waals surface area (Å²) >= 11 is 0. The van der Waals surface area contributed by atoms with Crippen LogP contribution in [0.2, 0.25) is 0 Å². The van der Waals surface area contributed by atoms with E-state index >= 15 is 0 Å². The van der Waals surface area contributed by atoms with Gasteiger partial charge in [-0.25, -0.2) is 4.98 Å². The molecule has 28 heavy (non-hydrogen) atoms. The normalized spacial score (nSPS) is 17.4. The number of rotatable bonds is 2. The second kappa shape index (κ2) is 6.03. The van der Waals surface area contributed by atoms with Gasteiger partial charge >= 0.3 is 5.97 Å². The number of cyclic esters (lactones) is 1. The molecule has 5 heteroatoms. The predicted octanol–water partition coefficient (Wildman–Crippen LogP) is 4.10. The minimum absolute atomic E-state index is 0.0628. The van der Waals surface area contributed by atoms with Gasteiger partial charge in [0.1, 0.15) is 6.61 Å². The molecular weight excluding hydrogens is 352 g/mol. The first kappa shape index (κ1) is 17.2. The molecule has 0 amide bonds. The van der Waals surface area contributed by atoms with Gasteiger partial charge in [0.2, 0.25) is 0 Å². The highest BCUT2D eigenvalue weighted by atomic mass is 16.5. The molecule has 0 fully saturated rings. The van der Waals surface area contributed by atoms with Crippen LogP contribution in [-0.2, 0) is 22.7 Å². The molecule has 1 unspecified atom stereocenters. The van der Waals surface area contributed by atoms with Gasteiger partial charge in [-0.3, -0.25) is 9.59 Å². The van der Waals surface area contributed by atoms with Crippen LogP contribution in [-0.4, -0.2) is 15.5 Å². The highest BCUT2D eigenvalue weighted by molar-refractivity contribution is 5.85. The molecule has 0 spiro atoms. The summed E-state index contributed by atoms with van der Waals surface area (Å²) in [6.45, 7) is 6.87. The SMILES string of the molecule is CCC1C(=O)OCc2c1cc1n(c2=O)Cc2cc3cc(C(C)C)ccc3nc2-1. The first-order chi connectivity index (χ1) is 13.5. The van der Waals surface area contributed by atoms with Gasteiger partial charge in [-0.1, -0.05) is 26.8 Å². The van der Waals surface area contributed by atoms with E-state index < -0.39 is 0 Å². The Labute approximate surface area is 163 Å². The van der Waals surface area contributed by atoms with E-state index in [0.717, 1.165) is 33.4 Å². The van der Waals surface area contributed by atoms with Crippen molar-refractivity contribution in [2.24, 2.45) is 0 Å². The Bertz CT molecular complexity index is 1210. The van der Waals surface area contributed by atoms with E-state index in [0.29, 0.717) is 24.4 Å². The summed E-state index contributed by atoms with van der Waals surface area (Å²) in [5, 5.41) is 1.10. The zero-order valence-corrected chi connectivity index (χ0v) is 16.3. The molecule has 0 aliphatic carbocycles. The van der Waals surface area contributed by atoms with Crippen LogP contribution in [0.1, 0.15) is 61.3 Å². The number of pyridine rings is 2. The highest BCUT2D eigenvalue weighted by Gasteiger charge is 2.33. The average Bonchev–Trinajstić information content (AvgIpc) is 3.03. The molecule has 142 valence electrons. The Kier molecular flexibility index (Phi) is 3.69. The smallest absolute Gasteiger partial charge is 0.313 e. The van der Waals surface area contributed by atoms with Gasteiger partial charge in [0.25, 0.3) is 5.56 Å². The molecule has 2 aromatic heterocycles. The molecule has 0 saturated carbocycles. The van der Waals surface area contributed by atoms with E-state index in [-0.39, 0.29) is 24.1 Å². The van der Waals surface area contributed by atoms with Crippen LogP contribution in [0.25, 0.3) is 22.3 Å². The molecule has 2 aliphatic rings. The Morgan fingerprint density at radius 2 is 2.04 bits per heavy atom. The van der Waals surface area contributed by atoms with Crippen molar-refractivity contribution in [2.75, 3.05) is 0 Å². The van der Waals surface area contributed by atoms with E-state index in [4.69, 9.17) is 9.72 Å². The number of fused-ring (bicyclic) bond motifs is 5. The average molecular weight is 374 g/mol. The van der Waals surface area contributed by atoms with E-state index in [1.807, 2.05) is 13.0 Å². The first-order valence-electron chi connectivity index (χ1n) is 9.85. The third-order valence-electron chi connectivity index (χ3n) is 6.02. The summed E-state index contributed by atoms with van der Waals surface area (Å²) in [6.07, 6.45) is 0.616. The molecule has 5 rings (SSSR count). The van der Waals surface area contributed by atoms with Crippen molar-refractivity contribution < 1.29 is 9.53 Å². The van der Waals surface area contributed by atoms with Crippen LogP contribution >= 0.6 is 0 Å². The number of carbonyl (C=O) groups is 1. The lowest BCUT2D eigenvalue weighted by Crippen LogP contribution is -2.32. The van der Waals surface area contributed by atoms with Gasteiger partial charge in [-0.05, 0) is 47.7 Å². The van der Waals surface area contributed by atoms with E-state index in [2.05, 4.69) is 38.1 Å². The monoisotopic (exact) mass is 374 g/mol. The molecule has 3 aromatic rings. The first-order valence-corrected chi connectivity index (χ1v) is 9.85. The standard InChI is InChI=1S/C23H22N2O3/c1-4-16-17-9-20-21-15(10-25(20)22(26)18(17)11-28-23(16)27)8-14-7-13(12(2)3)5-6-19(14)24-21/h5-9,12,16H,4,10-11H2,1-3H3. The molecule has 5 nitrogen and oxygen atoms in total. The topological polar surface area (TPSA) is 61.2 Å². The van der Waals surface area contributed by atoms with Crippen LogP contribution in [0.15, 0.2) is 35.1 Å². The number of hydrogen-bond donors (Lipinski definition) is 0. The van der Waals surface area contributed by atoms with Gasteiger partial charge in [0.15, 0.2) is 0 Å². The van der Waals surface area contributed by atoms with Crippen LogP contribution in [0.5, 0.6) is 0 Å². The van der Waals surface area contributed by atoms with E-state index in [1.165, 1.54) is 5.56 Å². The van der Waals surface area contributed by atoms with Gasteiger partial charge in [0, 0.05) is 10.9 Å². The summed E-state index contributed by atoms with van der Waals surface area (Å²) in [6, 6.07) is 10.5. The number of aromatic nitrogens is 2. The second-order valence-electron chi connectivity index (χ2n) is 8.03. The summed E-state index contributed by atoms with van der Waals surface area (Å²) in [5.74, 6) is -0.168. The predicted molar refractivity (Wildman–Crippen MR) is 107 cm³/mol. The number of ether oxygens (including phenoxy) is 1. The van der Waals surface area contributed by atoms with Crippen molar-refractivity contribution in [3.05, 3.63) is 62.9 Å². The zero-order valence-electron chi connectivity index (χ0n) is 16.3. The van der Waals surface area contributed by atoms with Crippen molar-refractivity contribution in [3.8, 4) is 11.4 Å². The van der Waals surface area contributed by atoms with Gasteiger partial charge < -0.3 is 9.30 Å². The third kappa shape index (κ3) is 2.35. The maximum Gasteiger partial charge on any atom is 0.313 e. The Hall–Kier alpha value is -2.95. The van der Waals surface area contributed by atoms with Crippen molar-refractivity contribution in [2.45, 2.75) is 52.2 Å². The fourth-order valence-corrected chi connectivity index (χ4v) is 4.39. The summed E-state index contributed by atoms with van der Waals surface area (Å²) < 4.78 is 7.02. The lowest BCUT2D eigenvalue weighted by atomic mass is 9.90. The lowest BCUT2D eigenvalue weighted by Gasteiger charge is -2.24. The Morgan fingerprint density at radius 1 is 1.21 bits per heavy atom. The Balaban J connectivity index is 1.72. The van der Waals surface area contributed by atoms with Gasteiger partial charge in [0.05, 0.1) is 34.9 Å². The van der Waals surface area contributed by atoms with Crippen LogP contribution in [0.3, 0.4) is 0 Å². The molecule has 2 aliphatic heterocycles. The minimum atomic E-state index is -0.375. The minimum Gasteiger partial charge on any atom is -0.460 e. The van der Waals surface area contributed by atoms with Gasteiger partial charge in [-0.2, -0.15) is 0 Å². The molecule has 0 N–H and O–H groups in total. The van der Waals surface area contributed by atoms with Crippen molar-refractivity contribution in [3.63, 3.8) is 0 Å². The zero-order chi connectivity index (χ0) is 19.6. The maximum absolute atomic E-state index is 13.1.